The van der Waals surface area contributed by atoms with Crippen LogP contribution in [-0.2, 0) is 30.5 Å². The zero-order valence-corrected chi connectivity index (χ0v) is 26.7. The van der Waals surface area contributed by atoms with Crippen molar-refractivity contribution in [3.05, 3.63) is 70.6 Å². The molecule has 5 atom stereocenters. The van der Waals surface area contributed by atoms with Gasteiger partial charge in [-0.05, 0) is 72.9 Å². The SMILES string of the molecule is COc1ccc(S(=O)(=O)[C@](O)(CCC(C)(C)CCCN=[N+]=[N-])[C@](N)(Cc2ccccc2)NC(=O)O[C@@H]2CO[C@@H]3OCC[C@@H]32)cc1. The molecule has 0 unspecified atom stereocenters. The molecule has 0 bridgehead atoms. The van der Waals surface area contributed by atoms with E-state index < -0.39 is 44.3 Å². The second kappa shape index (κ2) is 14.4. The van der Waals surface area contributed by atoms with Gasteiger partial charge >= 0.3 is 6.09 Å². The van der Waals surface area contributed by atoms with E-state index in [0.717, 1.165) is 0 Å². The van der Waals surface area contributed by atoms with Crippen LogP contribution in [0.4, 0.5) is 4.79 Å². The van der Waals surface area contributed by atoms with Gasteiger partial charge in [0.05, 0.1) is 31.1 Å². The fraction of sp³-hybridized carbons (Fsp3) is 0.581. The normalized spacial score (nSPS) is 22.4. The third-order valence-electron chi connectivity index (χ3n) is 8.72. The highest BCUT2D eigenvalue weighted by Gasteiger charge is 2.59. The van der Waals surface area contributed by atoms with Crippen molar-refractivity contribution < 1.29 is 37.3 Å². The van der Waals surface area contributed by atoms with Crippen LogP contribution in [0.3, 0.4) is 0 Å². The predicted molar refractivity (Wildman–Crippen MR) is 166 cm³/mol. The monoisotopic (exact) mass is 645 g/mol. The van der Waals surface area contributed by atoms with Crippen molar-refractivity contribution in [1.82, 2.24) is 5.32 Å². The zero-order valence-electron chi connectivity index (χ0n) is 25.9. The van der Waals surface area contributed by atoms with Crippen LogP contribution in [-0.4, -0.2) is 69.5 Å². The molecule has 2 heterocycles. The molecule has 4 rings (SSSR count). The molecular formula is C31H43N5O8S. The molecule has 0 spiro atoms. The van der Waals surface area contributed by atoms with Crippen LogP contribution in [0.25, 0.3) is 10.4 Å². The van der Waals surface area contributed by atoms with E-state index in [1.54, 1.807) is 30.3 Å². The maximum absolute atomic E-state index is 14.5. The topological polar surface area (TPSA) is 195 Å². The number of nitrogens with two attached hydrogens (primary N) is 1. The van der Waals surface area contributed by atoms with Gasteiger partial charge in [-0.2, -0.15) is 0 Å². The number of carbonyl (C=O) groups is 1. The minimum atomic E-state index is -4.65. The molecule has 246 valence electrons. The predicted octanol–water partition coefficient (Wildman–Crippen LogP) is 4.44. The first-order valence-electron chi connectivity index (χ1n) is 15.0. The quantitative estimate of drug-likeness (QED) is 0.0825. The van der Waals surface area contributed by atoms with Gasteiger partial charge < -0.3 is 29.8 Å². The summed E-state index contributed by atoms with van der Waals surface area (Å²) in [7, 11) is -3.19. The number of carbonyl (C=O) groups excluding carboxylic acids is 1. The molecule has 2 aromatic rings. The Kier molecular flexibility index (Phi) is 11.0. The lowest BCUT2D eigenvalue weighted by molar-refractivity contribution is -0.0907. The Morgan fingerprint density at radius 3 is 2.51 bits per heavy atom. The van der Waals surface area contributed by atoms with Gasteiger partial charge in [0.2, 0.25) is 14.8 Å². The van der Waals surface area contributed by atoms with Gasteiger partial charge in [0.25, 0.3) is 0 Å². The van der Waals surface area contributed by atoms with Gasteiger partial charge in [0, 0.05) is 17.9 Å². The Balaban J connectivity index is 1.72. The minimum absolute atomic E-state index is 0.122. The van der Waals surface area contributed by atoms with Crippen molar-refractivity contribution in [2.45, 2.75) is 80.3 Å². The molecule has 14 heteroatoms. The molecule has 2 aliphatic rings. The van der Waals surface area contributed by atoms with Crippen LogP contribution in [0, 0.1) is 11.3 Å². The number of nitrogens with one attached hydrogen (secondary N) is 1. The highest BCUT2D eigenvalue weighted by atomic mass is 32.2. The summed E-state index contributed by atoms with van der Waals surface area (Å²) in [5.41, 5.74) is 13.4. The molecule has 0 saturated carbocycles. The second-order valence-corrected chi connectivity index (χ2v) is 14.6. The number of methoxy groups -OCH3 is 1. The number of aliphatic hydroxyl groups is 1. The third-order valence-corrected chi connectivity index (χ3v) is 11.1. The number of azide groups is 1. The number of hydrogen-bond donors (Lipinski definition) is 3. The van der Waals surface area contributed by atoms with E-state index in [2.05, 4.69) is 15.3 Å². The van der Waals surface area contributed by atoms with Crippen LogP contribution in [0.2, 0.25) is 0 Å². The van der Waals surface area contributed by atoms with Gasteiger partial charge in [-0.1, -0.05) is 49.3 Å². The van der Waals surface area contributed by atoms with Gasteiger partial charge in [-0.3, -0.25) is 5.32 Å². The maximum atomic E-state index is 14.5. The van der Waals surface area contributed by atoms with Crippen LogP contribution < -0.4 is 15.8 Å². The summed E-state index contributed by atoms with van der Waals surface area (Å²) in [6.45, 7) is 4.75. The minimum Gasteiger partial charge on any atom is -0.497 e. The third kappa shape index (κ3) is 7.89. The Morgan fingerprint density at radius 2 is 1.84 bits per heavy atom. The summed E-state index contributed by atoms with van der Waals surface area (Å²) in [5.74, 6) is 0.266. The lowest BCUT2D eigenvalue weighted by atomic mass is 9.80. The molecule has 2 aromatic carbocycles. The molecule has 1 amide bonds. The van der Waals surface area contributed by atoms with Gasteiger partial charge in [-0.25, -0.2) is 13.2 Å². The van der Waals surface area contributed by atoms with Crippen molar-refractivity contribution in [1.29, 1.82) is 0 Å². The fourth-order valence-electron chi connectivity index (χ4n) is 5.95. The van der Waals surface area contributed by atoms with Crippen molar-refractivity contribution in [2.24, 2.45) is 22.2 Å². The first-order chi connectivity index (χ1) is 21.3. The largest absolute Gasteiger partial charge is 0.497 e. The molecule has 0 aliphatic carbocycles. The first-order valence-corrected chi connectivity index (χ1v) is 16.5. The summed E-state index contributed by atoms with van der Waals surface area (Å²) in [6, 6.07) is 14.4. The standard InChI is InChI=1S/C31H43N5O8S/c1-29(2,15-7-18-34-36-33)16-17-31(38,45(39,40)24-12-10-23(41-3)11-13-24)30(32,20-22-8-5-4-6-9-22)35-28(37)44-26-21-43-27-25(26)14-19-42-27/h4-6,8-13,25-27,38H,7,14-21,32H2,1-3H3,(H,35,37)/t25-,26-,27+,30+,31-/m1/s1. The number of amides is 1. The summed E-state index contributed by atoms with van der Waals surface area (Å²) >= 11 is 0. The van der Waals surface area contributed by atoms with E-state index in [-0.39, 0.29) is 43.2 Å². The lowest BCUT2D eigenvalue weighted by Crippen LogP contribution is -2.74. The molecule has 45 heavy (non-hydrogen) atoms. The Bertz CT molecular complexity index is 1450. The number of fused-ring (bicyclic) bond motifs is 1. The Hall–Kier alpha value is -3.39. The summed E-state index contributed by atoms with van der Waals surface area (Å²) in [5, 5.41) is 18.8. The molecule has 13 nitrogen and oxygen atoms in total. The lowest BCUT2D eigenvalue weighted by Gasteiger charge is -2.45. The van der Waals surface area contributed by atoms with Crippen molar-refractivity contribution in [3.8, 4) is 5.75 Å². The zero-order chi connectivity index (χ0) is 32.7. The number of ether oxygens (including phenoxy) is 4. The summed E-state index contributed by atoms with van der Waals surface area (Å²) in [6.07, 6.45) is -0.634. The highest BCUT2D eigenvalue weighted by Crippen LogP contribution is 2.41. The molecule has 4 N–H and O–H groups in total. The second-order valence-electron chi connectivity index (χ2n) is 12.4. The van der Waals surface area contributed by atoms with E-state index in [9.17, 15) is 18.3 Å². The fourth-order valence-corrected chi connectivity index (χ4v) is 7.81. The molecule has 0 radical (unpaired) electrons. The number of benzene rings is 2. The van der Waals surface area contributed by atoms with Gasteiger partial charge in [-0.15, -0.1) is 0 Å². The number of nitrogens with zero attached hydrogens (tertiary/aromatic N) is 3. The van der Waals surface area contributed by atoms with Crippen LogP contribution in [0.1, 0.15) is 51.5 Å². The Morgan fingerprint density at radius 1 is 1.13 bits per heavy atom. The van der Waals surface area contributed by atoms with Crippen molar-refractivity contribution in [3.63, 3.8) is 0 Å². The van der Waals surface area contributed by atoms with Crippen LogP contribution in [0.15, 0.2) is 64.6 Å². The maximum Gasteiger partial charge on any atom is 0.409 e. The van der Waals surface area contributed by atoms with Crippen LogP contribution in [0.5, 0.6) is 5.75 Å². The number of rotatable bonds is 15. The summed E-state index contributed by atoms with van der Waals surface area (Å²) in [4.78, 5) is 13.4. The smallest absolute Gasteiger partial charge is 0.409 e. The number of sulfone groups is 1. The average molecular weight is 646 g/mol. The Labute approximate surface area is 263 Å². The van der Waals surface area contributed by atoms with Crippen molar-refractivity contribution >= 4 is 15.9 Å². The molecular weight excluding hydrogens is 602 g/mol. The molecule has 2 aliphatic heterocycles. The molecule has 0 aromatic heterocycles. The van der Waals surface area contributed by atoms with Gasteiger partial charge in [0.15, 0.2) is 6.29 Å². The van der Waals surface area contributed by atoms with Crippen molar-refractivity contribution in [2.75, 3.05) is 26.9 Å². The van der Waals surface area contributed by atoms with E-state index in [4.69, 9.17) is 30.2 Å². The van der Waals surface area contributed by atoms with E-state index in [1.807, 2.05) is 13.8 Å². The first kappa shape index (κ1) is 34.5. The van der Waals surface area contributed by atoms with Gasteiger partial charge in [0.1, 0.15) is 17.5 Å². The molecule has 2 saturated heterocycles. The molecule has 2 fully saturated rings. The van der Waals surface area contributed by atoms with E-state index in [0.29, 0.717) is 37.2 Å². The number of hydrogen-bond acceptors (Lipinski definition) is 10. The van der Waals surface area contributed by atoms with E-state index in [1.165, 1.54) is 31.4 Å². The number of alkyl carbamates (subject to hydrolysis) is 1. The van der Waals surface area contributed by atoms with E-state index >= 15 is 0 Å². The average Bonchev–Trinajstić information content (AvgIpc) is 3.63. The van der Waals surface area contributed by atoms with Crippen LogP contribution >= 0.6 is 0 Å². The highest BCUT2D eigenvalue weighted by molar-refractivity contribution is 7.92. The summed E-state index contributed by atoms with van der Waals surface area (Å²) < 4.78 is 51.1.